The minimum absolute atomic E-state index is 0.0220. The van der Waals surface area contributed by atoms with E-state index >= 15 is 0 Å². The number of thiol groups is 1. The molecule has 15 heavy (non-hydrogen) atoms. The van der Waals surface area contributed by atoms with Gasteiger partial charge in [0, 0.05) is 11.6 Å². The molecule has 0 saturated carbocycles. The quantitative estimate of drug-likeness (QED) is 0.590. The highest BCUT2D eigenvalue weighted by atomic mass is 32.1. The summed E-state index contributed by atoms with van der Waals surface area (Å²) in [6, 6.07) is 0.145. The van der Waals surface area contributed by atoms with Crippen LogP contribution in [0.2, 0.25) is 0 Å². The molecule has 1 unspecified atom stereocenters. The zero-order valence-corrected chi connectivity index (χ0v) is 10.2. The van der Waals surface area contributed by atoms with Gasteiger partial charge in [0.1, 0.15) is 6.67 Å². The van der Waals surface area contributed by atoms with Crippen LogP contribution in [0.1, 0.15) is 32.6 Å². The van der Waals surface area contributed by atoms with Gasteiger partial charge < -0.3 is 4.74 Å². The van der Waals surface area contributed by atoms with E-state index in [1.54, 1.807) is 0 Å². The molecule has 0 aliphatic carbocycles. The van der Waals surface area contributed by atoms with Crippen molar-refractivity contribution in [3.8, 4) is 0 Å². The van der Waals surface area contributed by atoms with Crippen LogP contribution in [0.15, 0.2) is 0 Å². The van der Waals surface area contributed by atoms with Gasteiger partial charge in [-0.3, -0.25) is 4.90 Å². The summed E-state index contributed by atoms with van der Waals surface area (Å²) in [4.78, 5) is 2.34. The maximum absolute atomic E-state index is 12.8. The molecule has 0 aromatic carbocycles. The molecule has 2 saturated heterocycles. The van der Waals surface area contributed by atoms with Gasteiger partial charge in [-0.2, -0.15) is 0 Å². The lowest BCUT2D eigenvalue weighted by molar-refractivity contribution is 0.0160. The van der Waals surface area contributed by atoms with E-state index in [-0.39, 0.29) is 23.7 Å². The summed E-state index contributed by atoms with van der Waals surface area (Å²) in [6.45, 7) is 3.48. The van der Waals surface area contributed by atoms with Crippen LogP contribution in [0, 0.1) is 0 Å². The van der Waals surface area contributed by atoms with Crippen LogP contribution >= 0.6 is 12.6 Å². The van der Waals surface area contributed by atoms with Gasteiger partial charge in [-0.1, -0.05) is 0 Å². The maximum Gasteiger partial charge on any atom is 0.105 e. The Balaban J connectivity index is 2.00. The molecule has 0 spiro atoms. The van der Waals surface area contributed by atoms with E-state index < -0.39 is 0 Å². The van der Waals surface area contributed by atoms with Gasteiger partial charge in [-0.25, -0.2) is 4.39 Å². The van der Waals surface area contributed by atoms with Crippen LogP contribution in [0.25, 0.3) is 0 Å². The zero-order valence-electron chi connectivity index (χ0n) is 9.29. The Morgan fingerprint density at radius 2 is 2.40 bits per heavy atom. The number of hydrogen-bond acceptors (Lipinski definition) is 3. The van der Waals surface area contributed by atoms with Crippen LogP contribution in [-0.2, 0) is 4.74 Å². The molecule has 0 bridgehead atoms. The number of rotatable bonds is 4. The van der Waals surface area contributed by atoms with Crippen molar-refractivity contribution in [1.82, 2.24) is 4.90 Å². The van der Waals surface area contributed by atoms with Crippen molar-refractivity contribution in [3.05, 3.63) is 0 Å². The second-order valence-corrected chi connectivity index (χ2v) is 5.51. The molecule has 0 aromatic rings. The largest absolute Gasteiger partial charge is 0.366 e. The van der Waals surface area contributed by atoms with Gasteiger partial charge in [-0.05, 0) is 39.2 Å². The zero-order chi connectivity index (χ0) is 10.9. The number of hydrogen-bond donors (Lipinski definition) is 1. The fraction of sp³-hybridized carbons (Fsp3) is 1.00. The van der Waals surface area contributed by atoms with Gasteiger partial charge in [0.2, 0.25) is 0 Å². The summed E-state index contributed by atoms with van der Waals surface area (Å²) in [5.41, 5.74) is 0.111. The fourth-order valence-electron chi connectivity index (χ4n) is 3.05. The normalized spacial score (nSPS) is 38.2. The molecular weight excluding hydrogens is 213 g/mol. The fourth-order valence-corrected chi connectivity index (χ4v) is 3.13. The van der Waals surface area contributed by atoms with Crippen LogP contribution in [0.5, 0.6) is 0 Å². The molecule has 2 rings (SSSR count). The average Bonchev–Trinajstić information content (AvgIpc) is 2.72. The van der Waals surface area contributed by atoms with Crippen molar-refractivity contribution in [2.45, 2.75) is 49.6 Å². The summed E-state index contributed by atoms with van der Waals surface area (Å²) in [5.74, 6) is 0. The predicted octanol–water partition coefficient (Wildman–Crippen LogP) is 2.25. The molecule has 2 aliphatic heterocycles. The Bertz CT molecular complexity index is 227. The van der Waals surface area contributed by atoms with Crippen LogP contribution < -0.4 is 0 Å². The van der Waals surface area contributed by atoms with E-state index in [1.807, 2.05) is 6.92 Å². The Morgan fingerprint density at radius 3 is 3.07 bits per heavy atom. The summed E-state index contributed by atoms with van der Waals surface area (Å²) in [5, 5.41) is 0. The van der Waals surface area contributed by atoms with Crippen LogP contribution in [0.3, 0.4) is 0 Å². The smallest absolute Gasteiger partial charge is 0.105 e. The van der Waals surface area contributed by atoms with Crippen LogP contribution in [0.4, 0.5) is 4.39 Å². The topological polar surface area (TPSA) is 12.5 Å². The number of ether oxygens (including phenoxy) is 1. The molecule has 0 radical (unpaired) electrons. The summed E-state index contributed by atoms with van der Waals surface area (Å²) in [7, 11) is 0. The van der Waals surface area contributed by atoms with E-state index in [2.05, 4.69) is 17.5 Å². The molecule has 0 N–H and O–H groups in total. The number of nitrogens with zero attached hydrogens (tertiary/aromatic N) is 1. The van der Waals surface area contributed by atoms with E-state index in [9.17, 15) is 4.39 Å². The van der Waals surface area contributed by atoms with Crippen molar-refractivity contribution in [1.29, 1.82) is 0 Å². The lowest BCUT2D eigenvalue weighted by atomic mass is 9.95. The summed E-state index contributed by atoms with van der Waals surface area (Å²) < 4.78 is 18.4. The van der Waals surface area contributed by atoms with Gasteiger partial charge in [0.25, 0.3) is 0 Å². The van der Waals surface area contributed by atoms with Gasteiger partial charge >= 0.3 is 0 Å². The lowest BCUT2D eigenvalue weighted by Gasteiger charge is -2.34. The second-order valence-electron chi connectivity index (χ2n) is 4.78. The predicted molar refractivity (Wildman–Crippen MR) is 62.1 cm³/mol. The average molecular weight is 233 g/mol. The van der Waals surface area contributed by atoms with Crippen molar-refractivity contribution < 1.29 is 9.13 Å². The van der Waals surface area contributed by atoms with Crippen LogP contribution in [-0.4, -0.2) is 41.7 Å². The SMILES string of the molecule is CC(S)OC[C@@]12CCCN1[C@H](CF)CC2. The molecule has 0 amide bonds. The second kappa shape index (κ2) is 4.60. The highest BCUT2D eigenvalue weighted by Crippen LogP contribution is 2.42. The van der Waals surface area contributed by atoms with E-state index in [1.165, 1.54) is 6.42 Å². The monoisotopic (exact) mass is 233 g/mol. The molecule has 2 nitrogen and oxygen atoms in total. The Hall–Kier alpha value is 0.200. The first-order valence-electron chi connectivity index (χ1n) is 5.80. The van der Waals surface area contributed by atoms with E-state index in [0.29, 0.717) is 6.61 Å². The first-order chi connectivity index (χ1) is 7.18. The minimum atomic E-state index is -0.210. The Morgan fingerprint density at radius 1 is 1.60 bits per heavy atom. The highest BCUT2D eigenvalue weighted by Gasteiger charge is 2.49. The molecular formula is C11H20FNOS. The third-order valence-electron chi connectivity index (χ3n) is 3.81. The number of alkyl halides is 1. The highest BCUT2D eigenvalue weighted by molar-refractivity contribution is 7.80. The molecule has 2 heterocycles. The third kappa shape index (κ3) is 2.17. The maximum atomic E-state index is 12.8. The van der Waals surface area contributed by atoms with Crippen molar-refractivity contribution in [2.24, 2.45) is 0 Å². The lowest BCUT2D eigenvalue weighted by Crippen LogP contribution is -2.46. The summed E-state index contributed by atoms with van der Waals surface area (Å²) in [6.07, 6.45) is 4.41. The van der Waals surface area contributed by atoms with Crippen molar-refractivity contribution >= 4 is 12.6 Å². The molecule has 3 atom stereocenters. The first-order valence-corrected chi connectivity index (χ1v) is 6.32. The minimum Gasteiger partial charge on any atom is -0.366 e. The van der Waals surface area contributed by atoms with Crippen molar-refractivity contribution in [2.75, 3.05) is 19.8 Å². The standard InChI is InChI=1S/C11H20FNOS/c1-9(15)14-8-11-4-2-6-13(11)10(7-12)3-5-11/h9-10,15H,2-8H2,1H3/t9?,10-,11-/m0/s1. The van der Waals surface area contributed by atoms with Gasteiger partial charge in [0.15, 0.2) is 0 Å². The molecule has 2 fully saturated rings. The first kappa shape index (κ1) is 11.7. The Labute approximate surface area is 96.6 Å². The van der Waals surface area contributed by atoms with E-state index in [0.717, 1.165) is 25.8 Å². The number of halogens is 1. The number of fused-ring (bicyclic) bond motifs is 1. The third-order valence-corrected chi connectivity index (χ3v) is 3.95. The summed E-state index contributed by atoms with van der Waals surface area (Å²) >= 11 is 4.23. The Kier molecular flexibility index (Phi) is 3.58. The van der Waals surface area contributed by atoms with Gasteiger partial charge in [-0.15, -0.1) is 12.6 Å². The van der Waals surface area contributed by atoms with E-state index in [4.69, 9.17) is 4.74 Å². The molecule has 2 aliphatic rings. The van der Waals surface area contributed by atoms with Gasteiger partial charge in [0.05, 0.1) is 12.0 Å². The molecule has 4 heteroatoms. The molecule has 0 aromatic heterocycles. The van der Waals surface area contributed by atoms with Crippen molar-refractivity contribution in [3.63, 3.8) is 0 Å². The molecule has 88 valence electrons.